The summed E-state index contributed by atoms with van der Waals surface area (Å²) in [6.07, 6.45) is 0. The van der Waals surface area contributed by atoms with Crippen LogP contribution in [0.2, 0.25) is 0 Å². The lowest BCUT2D eigenvalue weighted by atomic mass is 10.2. The molecule has 0 N–H and O–H groups in total. The van der Waals surface area contributed by atoms with Gasteiger partial charge in [0.15, 0.2) is 11.2 Å². The van der Waals surface area contributed by atoms with Crippen LogP contribution < -0.4 is 0 Å². The van der Waals surface area contributed by atoms with Gasteiger partial charge in [0.25, 0.3) is 0 Å². The summed E-state index contributed by atoms with van der Waals surface area (Å²) in [6.45, 7) is 6.12. The predicted molar refractivity (Wildman–Crippen MR) is 47.3 cm³/mol. The van der Waals surface area contributed by atoms with E-state index in [2.05, 4.69) is 13.8 Å². The number of fused-ring (bicyclic) bond motifs is 1. The molecular formula is C10H12O2. The summed E-state index contributed by atoms with van der Waals surface area (Å²) >= 11 is 0. The average Bonchev–Trinajstić information content (AvgIpc) is 2.42. The van der Waals surface area contributed by atoms with E-state index in [0.717, 1.165) is 22.7 Å². The maximum Gasteiger partial charge on any atom is 0.172 e. The van der Waals surface area contributed by atoms with Crippen molar-refractivity contribution in [2.75, 3.05) is 0 Å². The van der Waals surface area contributed by atoms with Crippen molar-refractivity contribution >= 4 is 11.2 Å². The summed E-state index contributed by atoms with van der Waals surface area (Å²) in [4.78, 5) is 0. The minimum atomic E-state index is 0.424. The van der Waals surface area contributed by atoms with E-state index in [1.165, 1.54) is 0 Å². The molecule has 0 aliphatic carbocycles. The molecule has 2 heterocycles. The van der Waals surface area contributed by atoms with E-state index in [-0.39, 0.29) is 0 Å². The molecule has 0 unspecified atom stereocenters. The van der Waals surface area contributed by atoms with Gasteiger partial charge in [-0.05, 0) is 6.92 Å². The maximum atomic E-state index is 5.56. The summed E-state index contributed by atoms with van der Waals surface area (Å²) in [5.41, 5.74) is 1.72. The molecule has 0 aliphatic heterocycles. The topological polar surface area (TPSA) is 26.3 Å². The minimum Gasteiger partial charge on any atom is -0.458 e. The van der Waals surface area contributed by atoms with Crippen LogP contribution in [0, 0.1) is 6.92 Å². The Labute approximate surface area is 71.2 Å². The van der Waals surface area contributed by atoms with Crippen molar-refractivity contribution in [2.45, 2.75) is 26.7 Å². The zero-order valence-corrected chi connectivity index (χ0v) is 7.55. The van der Waals surface area contributed by atoms with Gasteiger partial charge in [-0.3, -0.25) is 0 Å². The summed E-state index contributed by atoms with van der Waals surface area (Å²) in [7, 11) is 0. The molecule has 0 aromatic carbocycles. The minimum absolute atomic E-state index is 0.424. The van der Waals surface area contributed by atoms with Crippen molar-refractivity contribution < 1.29 is 8.83 Å². The highest BCUT2D eigenvalue weighted by atomic mass is 16.4. The van der Waals surface area contributed by atoms with E-state index < -0.39 is 0 Å². The quantitative estimate of drug-likeness (QED) is 0.645. The third-order valence-electron chi connectivity index (χ3n) is 1.92. The van der Waals surface area contributed by atoms with Crippen molar-refractivity contribution in [1.29, 1.82) is 0 Å². The van der Waals surface area contributed by atoms with Gasteiger partial charge in [-0.25, -0.2) is 0 Å². The van der Waals surface area contributed by atoms with Gasteiger partial charge < -0.3 is 8.83 Å². The van der Waals surface area contributed by atoms with E-state index in [0.29, 0.717) is 5.92 Å². The first-order valence-corrected chi connectivity index (χ1v) is 4.16. The van der Waals surface area contributed by atoms with Gasteiger partial charge in [-0.2, -0.15) is 0 Å². The second-order valence-corrected chi connectivity index (χ2v) is 3.39. The maximum absolute atomic E-state index is 5.56. The average molecular weight is 164 g/mol. The van der Waals surface area contributed by atoms with Crippen LogP contribution in [-0.4, -0.2) is 0 Å². The molecule has 2 rings (SSSR count). The normalized spacial score (nSPS) is 11.7. The Morgan fingerprint density at radius 1 is 1.08 bits per heavy atom. The highest BCUT2D eigenvalue weighted by Gasteiger charge is 2.10. The van der Waals surface area contributed by atoms with Crippen molar-refractivity contribution in [1.82, 2.24) is 0 Å². The fraction of sp³-hybridized carbons (Fsp3) is 0.400. The monoisotopic (exact) mass is 164 g/mol. The first kappa shape index (κ1) is 7.47. The summed E-state index contributed by atoms with van der Waals surface area (Å²) in [5.74, 6) is 2.32. The smallest absolute Gasteiger partial charge is 0.172 e. The molecular weight excluding hydrogens is 152 g/mol. The number of hydrogen-bond donors (Lipinski definition) is 0. The standard InChI is InChI=1S/C10H12O2/c1-6(2)8-5-10-9(12-8)4-7(3)11-10/h4-6H,1-3H3. The SMILES string of the molecule is Cc1cc2oc(C(C)C)cc2o1. The van der Waals surface area contributed by atoms with E-state index >= 15 is 0 Å². The molecule has 2 aromatic rings. The number of aryl methyl sites for hydroxylation is 1. The fourth-order valence-electron chi connectivity index (χ4n) is 1.26. The summed E-state index contributed by atoms with van der Waals surface area (Å²) in [6, 6.07) is 3.88. The lowest BCUT2D eigenvalue weighted by molar-refractivity contribution is 0.522. The van der Waals surface area contributed by atoms with Crippen molar-refractivity contribution in [3.05, 3.63) is 23.7 Å². The molecule has 0 aliphatic rings. The molecule has 2 nitrogen and oxygen atoms in total. The summed E-state index contributed by atoms with van der Waals surface area (Å²) in [5, 5.41) is 0. The van der Waals surface area contributed by atoms with Crippen molar-refractivity contribution in [3.8, 4) is 0 Å². The lowest BCUT2D eigenvalue weighted by Gasteiger charge is -1.95. The van der Waals surface area contributed by atoms with E-state index in [1.807, 2.05) is 19.1 Å². The molecule has 12 heavy (non-hydrogen) atoms. The Morgan fingerprint density at radius 2 is 1.75 bits per heavy atom. The third-order valence-corrected chi connectivity index (χ3v) is 1.92. The predicted octanol–water partition coefficient (Wildman–Crippen LogP) is 3.46. The molecule has 64 valence electrons. The van der Waals surface area contributed by atoms with Gasteiger partial charge in [0.2, 0.25) is 0 Å². The van der Waals surface area contributed by atoms with Gasteiger partial charge in [0.05, 0.1) is 0 Å². The van der Waals surface area contributed by atoms with E-state index in [9.17, 15) is 0 Å². The van der Waals surface area contributed by atoms with Gasteiger partial charge in [0, 0.05) is 18.1 Å². The highest BCUT2D eigenvalue weighted by molar-refractivity contribution is 5.72. The Balaban J connectivity index is 2.57. The Hall–Kier alpha value is -1.18. The molecule has 0 amide bonds. The van der Waals surface area contributed by atoms with Gasteiger partial charge >= 0.3 is 0 Å². The van der Waals surface area contributed by atoms with Crippen LogP contribution in [0.15, 0.2) is 21.0 Å². The molecule has 2 heteroatoms. The Bertz CT molecular complexity index is 361. The van der Waals surface area contributed by atoms with Gasteiger partial charge in [0.1, 0.15) is 11.5 Å². The van der Waals surface area contributed by atoms with Crippen LogP contribution in [0.5, 0.6) is 0 Å². The van der Waals surface area contributed by atoms with E-state index in [1.54, 1.807) is 0 Å². The molecule has 0 fully saturated rings. The molecule has 0 bridgehead atoms. The Kier molecular flexibility index (Phi) is 1.50. The zero-order valence-electron chi connectivity index (χ0n) is 7.55. The molecule has 2 aromatic heterocycles. The largest absolute Gasteiger partial charge is 0.458 e. The number of rotatable bonds is 1. The molecule has 0 saturated heterocycles. The van der Waals surface area contributed by atoms with Crippen LogP contribution in [0.1, 0.15) is 31.3 Å². The van der Waals surface area contributed by atoms with Crippen LogP contribution >= 0.6 is 0 Å². The third kappa shape index (κ3) is 1.04. The summed E-state index contributed by atoms with van der Waals surface area (Å²) < 4.78 is 11.0. The van der Waals surface area contributed by atoms with Crippen LogP contribution in [0.25, 0.3) is 11.2 Å². The lowest BCUT2D eigenvalue weighted by Crippen LogP contribution is -1.80. The van der Waals surface area contributed by atoms with Crippen molar-refractivity contribution in [3.63, 3.8) is 0 Å². The van der Waals surface area contributed by atoms with Gasteiger partial charge in [-0.1, -0.05) is 13.8 Å². The second-order valence-electron chi connectivity index (χ2n) is 3.39. The first-order valence-electron chi connectivity index (χ1n) is 4.16. The molecule has 0 atom stereocenters. The molecule has 0 saturated carbocycles. The van der Waals surface area contributed by atoms with Gasteiger partial charge in [-0.15, -0.1) is 0 Å². The number of furan rings is 2. The first-order chi connectivity index (χ1) is 5.66. The zero-order chi connectivity index (χ0) is 8.72. The highest BCUT2D eigenvalue weighted by Crippen LogP contribution is 2.26. The molecule has 0 spiro atoms. The fourth-order valence-corrected chi connectivity index (χ4v) is 1.26. The Morgan fingerprint density at radius 3 is 2.33 bits per heavy atom. The van der Waals surface area contributed by atoms with Crippen LogP contribution in [-0.2, 0) is 0 Å². The number of hydrogen-bond acceptors (Lipinski definition) is 2. The molecule has 0 radical (unpaired) electrons. The second kappa shape index (κ2) is 2.41. The van der Waals surface area contributed by atoms with E-state index in [4.69, 9.17) is 8.83 Å². The van der Waals surface area contributed by atoms with Crippen LogP contribution in [0.4, 0.5) is 0 Å². The van der Waals surface area contributed by atoms with Crippen LogP contribution in [0.3, 0.4) is 0 Å². The van der Waals surface area contributed by atoms with Crippen molar-refractivity contribution in [2.24, 2.45) is 0 Å².